The van der Waals surface area contributed by atoms with Gasteiger partial charge in [-0.3, -0.25) is 4.79 Å². The van der Waals surface area contributed by atoms with Crippen LogP contribution in [0.5, 0.6) is 0 Å². The number of nitrogens with two attached hydrogens (primary N) is 1. The van der Waals surface area contributed by atoms with Gasteiger partial charge in [-0.2, -0.15) is 0 Å². The molecule has 0 aliphatic heterocycles. The smallest absolute Gasteiger partial charge is 0.316 e. The monoisotopic (exact) mass is 198 g/mol. The molecular formula is C8H7ClN2O2. The lowest BCUT2D eigenvalue weighted by Gasteiger charge is -2.03. The van der Waals surface area contributed by atoms with Crippen LogP contribution < -0.4 is 11.1 Å². The van der Waals surface area contributed by atoms with Gasteiger partial charge in [-0.05, 0) is 18.2 Å². The highest BCUT2D eigenvalue weighted by atomic mass is 35.5. The molecule has 68 valence electrons. The van der Waals surface area contributed by atoms with Crippen molar-refractivity contribution >= 4 is 29.6 Å². The number of primary amides is 1. The molecule has 2 amide bonds. The summed E-state index contributed by atoms with van der Waals surface area (Å²) in [5.74, 6) is 0. The van der Waals surface area contributed by atoms with Crippen molar-refractivity contribution < 1.29 is 9.59 Å². The van der Waals surface area contributed by atoms with Crippen molar-refractivity contribution in [2.45, 2.75) is 0 Å². The minimum absolute atomic E-state index is 0.281. The number of hydrogen-bond acceptors (Lipinski definition) is 2. The zero-order valence-electron chi connectivity index (χ0n) is 6.58. The third-order valence-electron chi connectivity index (χ3n) is 1.39. The summed E-state index contributed by atoms with van der Waals surface area (Å²) < 4.78 is 0. The van der Waals surface area contributed by atoms with Gasteiger partial charge in [0.2, 0.25) is 0 Å². The minimum Gasteiger partial charge on any atom is -0.351 e. The molecule has 0 heterocycles. The van der Waals surface area contributed by atoms with Gasteiger partial charge in [0.05, 0.1) is 10.7 Å². The standard InChI is InChI=1S/C8H7ClN2O2/c9-6-3-5(4-12)1-2-7(6)11-8(10)13/h1-4H,(H3,10,11,13). The van der Waals surface area contributed by atoms with Gasteiger partial charge in [0.1, 0.15) is 6.29 Å². The lowest BCUT2D eigenvalue weighted by Crippen LogP contribution is -2.19. The molecule has 0 fully saturated rings. The highest BCUT2D eigenvalue weighted by Gasteiger charge is 2.02. The highest BCUT2D eigenvalue weighted by molar-refractivity contribution is 6.33. The third kappa shape index (κ3) is 2.45. The lowest BCUT2D eigenvalue weighted by atomic mass is 10.2. The predicted molar refractivity (Wildman–Crippen MR) is 50.0 cm³/mol. The molecule has 13 heavy (non-hydrogen) atoms. The second-order valence-corrected chi connectivity index (χ2v) is 2.75. The highest BCUT2D eigenvalue weighted by Crippen LogP contribution is 2.21. The van der Waals surface area contributed by atoms with E-state index in [0.29, 0.717) is 17.5 Å². The zero-order chi connectivity index (χ0) is 9.84. The Labute approximate surface area is 79.7 Å². The number of aldehydes is 1. The maximum atomic E-state index is 10.5. The summed E-state index contributed by atoms with van der Waals surface area (Å²) in [4.78, 5) is 20.8. The second-order valence-electron chi connectivity index (χ2n) is 2.35. The Kier molecular flexibility index (Phi) is 2.87. The molecule has 0 aromatic heterocycles. The number of halogens is 1. The van der Waals surface area contributed by atoms with E-state index in [9.17, 15) is 9.59 Å². The number of rotatable bonds is 2. The Hall–Kier alpha value is -1.55. The summed E-state index contributed by atoms with van der Waals surface area (Å²) in [6.45, 7) is 0. The molecule has 0 radical (unpaired) electrons. The van der Waals surface area contributed by atoms with Gasteiger partial charge in [-0.1, -0.05) is 11.6 Å². The first-order valence-electron chi connectivity index (χ1n) is 3.44. The molecule has 1 aromatic carbocycles. The Bertz CT molecular complexity index is 352. The molecule has 0 saturated carbocycles. The summed E-state index contributed by atoms with van der Waals surface area (Å²) in [7, 11) is 0. The first-order valence-corrected chi connectivity index (χ1v) is 3.82. The van der Waals surface area contributed by atoms with E-state index in [-0.39, 0.29) is 5.02 Å². The van der Waals surface area contributed by atoms with E-state index in [4.69, 9.17) is 17.3 Å². The van der Waals surface area contributed by atoms with Crippen LogP contribution in [0.25, 0.3) is 0 Å². The number of amides is 2. The van der Waals surface area contributed by atoms with Crippen LogP contribution in [-0.4, -0.2) is 12.3 Å². The Morgan fingerprint density at radius 1 is 1.54 bits per heavy atom. The maximum absolute atomic E-state index is 10.5. The SMILES string of the molecule is NC(=O)Nc1ccc(C=O)cc1Cl. The number of anilines is 1. The van der Waals surface area contributed by atoms with Gasteiger partial charge < -0.3 is 11.1 Å². The number of carbonyl (C=O) groups is 2. The third-order valence-corrected chi connectivity index (χ3v) is 1.70. The Morgan fingerprint density at radius 3 is 2.69 bits per heavy atom. The van der Waals surface area contributed by atoms with Crippen molar-refractivity contribution in [1.29, 1.82) is 0 Å². The molecule has 0 bridgehead atoms. The van der Waals surface area contributed by atoms with Crippen molar-refractivity contribution in [2.24, 2.45) is 5.73 Å². The van der Waals surface area contributed by atoms with Gasteiger partial charge in [0.25, 0.3) is 0 Å². The molecule has 5 heteroatoms. The van der Waals surface area contributed by atoms with Crippen LogP contribution >= 0.6 is 11.6 Å². The van der Waals surface area contributed by atoms with Crippen LogP contribution in [0.15, 0.2) is 18.2 Å². The average Bonchev–Trinajstić information content (AvgIpc) is 2.08. The summed E-state index contributed by atoms with van der Waals surface area (Å²) in [5.41, 5.74) is 5.72. The lowest BCUT2D eigenvalue weighted by molar-refractivity contribution is 0.112. The number of hydrogen-bond donors (Lipinski definition) is 2. The summed E-state index contributed by atoms with van der Waals surface area (Å²) in [6, 6.07) is 3.79. The van der Waals surface area contributed by atoms with Crippen molar-refractivity contribution in [2.75, 3.05) is 5.32 Å². The number of benzene rings is 1. The van der Waals surface area contributed by atoms with Gasteiger partial charge in [0.15, 0.2) is 0 Å². The van der Waals surface area contributed by atoms with E-state index in [1.165, 1.54) is 18.2 Å². The fourth-order valence-corrected chi connectivity index (χ4v) is 1.07. The second kappa shape index (κ2) is 3.91. The molecule has 1 aromatic rings. The molecule has 0 atom stereocenters. The fraction of sp³-hybridized carbons (Fsp3) is 0. The maximum Gasteiger partial charge on any atom is 0.316 e. The van der Waals surface area contributed by atoms with Crippen LogP contribution in [0, 0.1) is 0 Å². The molecule has 4 nitrogen and oxygen atoms in total. The molecule has 0 spiro atoms. The Morgan fingerprint density at radius 2 is 2.23 bits per heavy atom. The first-order chi connectivity index (χ1) is 6.13. The molecule has 0 unspecified atom stereocenters. The van der Waals surface area contributed by atoms with E-state index >= 15 is 0 Å². The van der Waals surface area contributed by atoms with Crippen molar-refractivity contribution in [3.05, 3.63) is 28.8 Å². The van der Waals surface area contributed by atoms with Gasteiger partial charge >= 0.3 is 6.03 Å². The van der Waals surface area contributed by atoms with Crippen molar-refractivity contribution in [1.82, 2.24) is 0 Å². The van der Waals surface area contributed by atoms with E-state index in [1.807, 2.05) is 0 Å². The first kappa shape index (κ1) is 9.54. The van der Waals surface area contributed by atoms with E-state index in [1.54, 1.807) is 0 Å². The summed E-state index contributed by atoms with van der Waals surface area (Å²) >= 11 is 5.72. The topological polar surface area (TPSA) is 72.2 Å². The molecule has 0 aliphatic rings. The van der Waals surface area contributed by atoms with Crippen LogP contribution in [0.2, 0.25) is 5.02 Å². The molecule has 1 rings (SSSR count). The average molecular weight is 199 g/mol. The summed E-state index contributed by atoms with van der Waals surface area (Å²) in [5, 5.41) is 2.60. The van der Waals surface area contributed by atoms with E-state index in [2.05, 4.69) is 5.32 Å². The van der Waals surface area contributed by atoms with Gasteiger partial charge in [-0.25, -0.2) is 4.79 Å². The number of urea groups is 1. The fourth-order valence-electron chi connectivity index (χ4n) is 0.839. The van der Waals surface area contributed by atoms with Crippen LogP contribution in [0.3, 0.4) is 0 Å². The van der Waals surface area contributed by atoms with E-state index < -0.39 is 6.03 Å². The van der Waals surface area contributed by atoms with Crippen LogP contribution in [0.1, 0.15) is 10.4 Å². The van der Waals surface area contributed by atoms with Gasteiger partial charge in [0, 0.05) is 5.56 Å². The molecule has 0 aliphatic carbocycles. The molecule has 0 saturated heterocycles. The predicted octanol–water partition coefficient (Wildman–Crippen LogP) is 1.64. The van der Waals surface area contributed by atoms with Crippen LogP contribution in [0.4, 0.5) is 10.5 Å². The molecule has 3 N–H and O–H groups in total. The van der Waals surface area contributed by atoms with Crippen molar-refractivity contribution in [3.8, 4) is 0 Å². The quantitative estimate of drug-likeness (QED) is 0.710. The van der Waals surface area contributed by atoms with Gasteiger partial charge in [-0.15, -0.1) is 0 Å². The Balaban J connectivity index is 2.98. The zero-order valence-corrected chi connectivity index (χ0v) is 7.34. The largest absolute Gasteiger partial charge is 0.351 e. The van der Waals surface area contributed by atoms with Crippen LogP contribution in [-0.2, 0) is 0 Å². The minimum atomic E-state index is -0.694. The molecular weight excluding hydrogens is 192 g/mol. The summed E-state index contributed by atoms with van der Waals surface area (Å²) in [6.07, 6.45) is 0.667. The van der Waals surface area contributed by atoms with Crippen molar-refractivity contribution in [3.63, 3.8) is 0 Å². The van der Waals surface area contributed by atoms with E-state index in [0.717, 1.165) is 0 Å². The normalized spacial score (nSPS) is 9.31. The number of carbonyl (C=O) groups excluding carboxylic acids is 2. The number of nitrogens with one attached hydrogen (secondary N) is 1.